The number of nitrogens with one attached hydrogen (secondary N) is 2. The molecular weight excluding hydrogens is 470 g/mol. The molecule has 0 spiro atoms. The summed E-state index contributed by atoms with van der Waals surface area (Å²) in [5.74, 6) is 1.41. The van der Waals surface area contributed by atoms with Crippen molar-refractivity contribution in [2.75, 3.05) is 7.05 Å². The molecule has 0 saturated carbocycles. The molecule has 2 N–H and O–H groups in total. The smallest absolute Gasteiger partial charge is 0.219 e. The highest BCUT2D eigenvalue weighted by molar-refractivity contribution is 14.0. The Labute approximate surface area is 181 Å². The molecule has 3 rings (SSSR count). The number of pyridine rings is 1. The maximum absolute atomic E-state index is 12.9. The molecule has 0 aliphatic rings. The first kappa shape index (κ1) is 21.6. The molecule has 5 nitrogen and oxygen atoms in total. The zero-order valence-corrected chi connectivity index (χ0v) is 17.8. The van der Waals surface area contributed by atoms with E-state index in [1.165, 1.54) is 17.7 Å². The van der Waals surface area contributed by atoms with Crippen LogP contribution < -0.4 is 15.4 Å². The van der Waals surface area contributed by atoms with E-state index in [0.717, 1.165) is 5.56 Å². The van der Waals surface area contributed by atoms with E-state index in [4.69, 9.17) is 4.74 Å². The summed E-state index contributed by atoms with van der Waals surface area (Å²) in [6.45, 7) is 1.28. The number of aromatic nitrogens is 1. The number of nitrogens with zero attached hydrogens (tertiary/aromatic N) is 2. The first-order valence-electron chi connectivity index (χ1n) is 8.60. The van der Waals surface area contributed by atoms with Gasteiger partial charge in [-0.15, -0.1) is 24.0 Å². The summed E-state index contributed by atoms with van der Waals surface area (Å²) in [6, 6.07) is 19.7. The van der Waals surface area contributed by atoms with Gasteiger partial charge in [0.05, 0.1) is 0 Å². The molecule has 0 bridgehead atoms. The number of guanidine groups is 1. The highest BCUT2D eigenvalue weighted by Gasteiger charge is 2.02. The average molecular weight is 492 g/mol. The van der Waals surface area contributed by atoms with Crippen molar-refractivity contribution < 1.29 is 9.13 Å². The van der Waals surface area contributed by atoms with E-state index in [-0.39, 0.29) is 29.8 Å². The summed E-state index contributed by atoms with van der Waals surface area (Å²) < 4.78 is 18.5. The quantitative estimate of drug-likeness (QED) is 0.303. The van der Waals surface area contributed by atoms with Gasteiger partial charge >= 0.3 is 0 Å². The Hall–Kier alpha value is -2.68. The Kier molecular flexibility index (Phi) is 8.67. The summed E-state index contributed by atoms with van der Waals surface area (Å²) >= 11 is 0. The van der Waals surface area contributed by atoms with Crippen molar-refractivity contribution >= 4 is 29.9 Å². The lowest BCUT2D eigenvalue weighted by Gasteiger charge is -2.12. The molecule has 0 saturated heterocycles. The molecule has 0 aliphatic heterocycles. The van der Waals surface area contributed by atoms with Gasteiger partial charge in [-0.05, 0) is 35.4 Å². The Morgan fingerprint density at radius 1 is 0.929 bits per heavy atom. The van der Waals surface area contributed by atoms with Gasteiger partial charge in [-0.2, -0.15) is 0 Å². The first-order valence-corrected chi connectivity index (χ1v) is 8.60. The second kappa shape index (κ2) is 11.2. The maximum atomic E-state index is 12.9. The highest BCUT2D eigenvalue weighted by Crippen LogP contribution is 2.19. The lowest BCUT2D eigenvalue weighted by Crippen LogP contribution is -2.36. The summed E-state index contributed by atoms with van der Waals surface area (Å²) in [5, 5.41) is 6.52. The van der Waals surface area contributed by atoms with Crippen LogP contribution in [-0.2, 0) is 13.1 Å². The SMILES string of the molecule is CN=C(NCc1ccccc1)NCc1ccc(Oc2ccc(F)cc2)nc1.I. The van der Waals surface area contributed by atoms with Crippen molar-refractivity contribution in [3.63, 3.8) is 0 Å². The van der Waals surface area contributed by atoms with Crippen LogP contribution in [0.1, 0.15) is 11.1 Å². The molecule has 0 atom stereocenters. The fourth-order valence-electron chi connectivity index (χ4n) is 2.39. The second-order valence-corrected chi connectivity index (χ2v) is 5.83. The zero-order valence-electron chi connectivity index (χ0n) is 15.4. The predicted molar refractivity (Wildman–Crippen MR) is 120 cm³/mol. The molecule has 146 valence electrons. The number of aliphatic imine (C=N–C) groups is 1. The minimum Gasteiger partial charge on any atom is -0.439 e. The van der Waals surface area contributed by atoms with Crippen LogP contribution in [0.15, 0.2) is 77.9 Å². The molecule has 0 amide bonds. The van der Waals surface area contributed by atoms with Gasteiger partial charge in [0.15, 0.2) is 5.96 Å². The van der Waals surface area contributed by atoms with E-state index in [9.17, 15) is 4.39 Å². The number of hydrogen-bond donors (Lipinski definition) is 2. The molecule has 1 heterocycles. The standard InChI is InChI=1S/C21H21FN4O.HI/c1-23-21(25-13-16-5-3-2-4-6-16)26-15-17-7-12-20(24-14-17)27-19-10-8-18(22)9-11-19;/h2-12,14H,13,15H2,1H3,(H2,23,25,26);1H. The van der Waals surface area contributed by atoms with Crippen LogP contribution in [0.5, 0.6) is 11.6 Å². The summed E-state index contributed by atoms with van der Waals surface area (Å²) in [7, 11) is 1.73. The van der Waals surface area contributed by atoms with Crippen molar-refractivity contribution in [3.05, 3.63) is 89.9 Å². The fraction of sp³-hybridized carbons (Fsp3) is 0.143. The van der Waals surface area contributed by atoms with Crippen molar-refractivity contribution in [1.82, 2.24) is 15.6 Å². The molecule has 2 aromatic carbocycles. The summed E-state index contributed by atoms with van der Waals surface area (Å²) in [4.78, 5) is 8.49. The molecule has 3 aromatic rings. The topological polar surface area (TPSA) is 58.5 Å². The van der Waals surface area contributed by atoms with Crippen LogP contribution in [0.4, 0.5) is 4.39 Å². The van der Waals surface area contributed by atoms with Crippen molar-refractivity contribution in [2.24, 2.45) is 4.99 Å². The summed E-state index contributed by atoms with van der Waals surface area (Å²) in [6.07, 6.45) is 1.73. The van der Waals surface area contributed by atoms with E-state index in [1.807, 2.05) is 24.3 Å². The van der Waals surface area contributed by atoms with Gasteiger partial charge < -0.3 is 15.4 Å². The third-order valence-corrected chi connectivity index (χ3v) is 3.82. The monoisotopic (exact) mass is 492 g/mol. The van der Waals surface area contributed by atoms with Crippen LogP contribution >= 0.6 is 24.0 Å². The van der Waals surface area contributed by atoms with Crippen molar-refractivity contribution in [1.29, 1.82) is 0 Å². The Morgan fingerprint density at radius 2 is 1.61 bits per heavy atom. The third kappa shape index (κ3) is 6.80. The Morgan fingerprint density at radius 3 is 2.21 bits per heavy atom. The van der Waals surface area contributed by atoms with Crippen LogP contribution in [0.3, 0.4) is 0 Å². The van der Waals surface area contributed by atoms with Crippen LogP contribution in [0, 0.1) is 5.82 Å². The molecule has 0 fully saturated rings. The summed E-state index contributed by atoms with van der Waals surface area (Å²) in [5.41, 5.74) is 2.17. The van der Waals surface area contributed by atoms with Crippen LogP contribution in [0.2, 0.25) is 0 Å². The predicted octanol–water partition coefficient (Wildman–Crippen LogP) is 4.50. The number of benzene rings is 2. The van der Waals surface area contributed by atoms with Gasteiger partial charge in [0.25, 0.3) is 0 Å². The van der Waals surface area contributed by atoms with Crippen LogP contribution in [0.25, 0.3) is 0 Å². The zero-order chi connectivity index (χ0) is 18.9. The molecule has 0 radical (unpaired) electrons. The normalized spacial score (nSPS) is 10.7. The lowest BCUT2D eigenvalue weighted by molar-refractivity contribution is 0.461. The minimum atomic E-state index is -0.300. The van der Waals surface area contributed by atoms with E-state index >= 15 is 0 Å². The molecule has 0 aliphatic carbocycles. The molecular formula is C21H22FIN4O. The van der Waals surface area contributed by atoms with Crippen LogP contribution in [-0.4, -0.2) is 18.0 Å². The number of halogens is 2. The van der Waals surface area contributed by atoms with Gasteiger partial charge in [-0.3, -0.25) is 4.99 Å². The highest BCUT2D eigenvalue weighted by atomic mass is 127. The van der Waals surface area contributed by atoms with Crippen molar-refractivity contribution in [2.45, 2.75) is 13.1 Å². The Balaban J connectivity index is 0.00000280. The molecule has 1 aromatic heterocycles. The van der Waals surface area contributed by atoms with Gasteiger partial charge in [0, 0.05) is 32.4 Å². The third-order valence-electron chi connectivity index (χ3n) is 3.82. The van der Waals surface area contributed by atoms with Crippen molar-refractivity contribution in [3.8, 4) is 11.6 Å². The van der Waals surface area contributed by atoms with E-state index in [0.29, 0.717) is 30.7 Å². The van der Waals surface area contributed by atoms with E-state index in [2.05, 4.69) is 32.7 Å². The average Bonchev–Trinajstić information content (AvgIpc) is 2.72. The largest absolute Gasteiger partial charge is 0.439 e. The molecule has 0 unspecified atom stereocenters. The van der Waals surface area contributed by atoms with E-state index < -0.39 is 0 Å². The van der Waals surface area contributed by atoms with Gasteiger partial charge in [0.1, 0.15) is 11.6 Å². The molecule has 7 heteroatoms. The minimum absolute atomic E-state index is 0. The number of rotatable bonds is 6. The van der Waals surface area contributed by atoms with E-state index in [1.54, 1.807) is 31.4 Å². The second-order valence-electron chi connectivity index (χ2n) is 5.83. The Bertz CT molecular complexity index is 871. The number of ether oxygens (including phenoxy) is 1. The maximum Gasteiger partial charge on any atom is 0.219 e. The first-order chi connectivity index (χ1) is 13.2. The number of hydrogen-bond acceptors (Lipinski definition) is 3. The van der Waals surface area contributed by atoms with Gasteiger partial charge in [0.2, 0.25) is 5.88 Å². The lowest BCUT2D eigenvalue weighted by atomic mass is 10.2. The van der Waals surface area contributed by atoms with Gasteiger partial charge in [-0.1, -0.05) is 36.4 Å². The fourth-order valence-corrected chi connectivity index (χ4v) is 2.39. The molecule has 28 heavy (non-hydrogen) atoms. The van der Waals surface area contributed by atoms with Gasteiger partial charge in [-0.25, -0.2) is 9.37 Å².